The minimum Gasteiger partial charge on any atom is -0.340 e. The van der Waals surface area contributed by atoms with Crippen molar-refractivity contribution in [3.05, 3.63) is 23.7 Å². The third kappa shape index (κ3) is 3.43. The molecule has 12 heteroatoms. The van der Waals surface area contributed by atoms with E-state index in [-0.39, 0.29) is 5.82 Å². The summed E-state index contributed by atoms with van der Waals surface area (Å²) in [4.78, 5) is 10.8. The molecule has 8 nitrogen and oxygen atoms in total. The number of alkyl halides is 3. The van der Waals surface area contributed by atoms with Crippen LogP contribution in [0.1, 0.15) is 43.4 Å². The maximum atomic E-state index is 13.3. The van der Waals surface area contributed by atoms with E-state index in [0.29, 0.717) is 24.6 Å². The summed E-state index contributed by atoms with van der Waals surface area (Å²) in [5.41, 5.74) is -0.908. The van der Waals surface area contributed by atoms with Crippen LogP contribution in [0.25, 0.3) is 5.57 Å². The van der Waals surface area contributed by atoms with Crippen molar-refractivity contribution in [1.82, 2.24) is 33.9 Å². The molecule has 0 bridgehead atoms. The first-order chi connectivity index (χ1) is 13.2. The van der Waals surface area contributed by atoms with Crippen molar-refractivity contribution in [2.24, 2.45) is 7.05 Å². The summed E-state index contributed by atoms with van der Waals surface area (Å²) in [6.45, 7) is 3.54. The molecule has 1 atom stereocenters. The van der Waals surface area contributed by atoms with Gasteiger partial charge in [-0.3, -0.25) is 9.10 Å². The Hall–Kier alpha value is -2.30. The van der Waals surface area contributed by atoms with Gasteiger partial charge < -0.3 is 4.90 Å². The molecule has 152 valence electrons. The number of hydrogen-bond acceptors (Lipinski definition) is 6. The molecular formula is C16H20ClF3N8. The van der Waals surface area contributed by atoms with Crippen LogP contribution in [0, 0.1) is 0 Å². The molecule has 1 unspecified atom stereocenters. The van der Waals surface area contributed by atoms with E-state index >= 15 is 0 Å². The number of anilines is 1. The van der Waals surface area contributed by atoms with E-state index in [1.54, 1.807) is 11.6 Å². The fourth-order valence-corrected chi connectivity index (χ4v) is 3.59. The second-order valence-electron chi connectivity index (χ2n) is 6.96. The highest BCUT2D eigenvalue weighted by molar-refractivity contribution is 6.14. The highest BCUT2D eigenvalue weighted by Crippen LogP contribution is 2.38. The number of aromatic nitrogens is 6. The number of hydrogen-bond donors (Lipinski definition) is 0. The van der Waals surface area contributed by atoms with E-state index < -0.39 is 17.9 Å². The Morgan fingerprint density at radius 3 is 2.54 bits per heavy atom. The Morgan fingerprint density at radius 2 is 1.86 bits per heavy atom. The highest BCUT2D eigenvalue weighted by Gasteiger charge is 2.42. The van der Waals surface area contributed by atoms with E-state index in [1.807, 2.05) is 7.05 Å². The summed E-state index contributed by atoms with van der Waals surface area (Å²) in [6, 6.07) is 0. The van der Waals surface area contributed by atoms with Crippen molar-refractivity contribution in [1.29, 1.82) is 0 Å². The Balaban J connectivity index is 1.53. The van der Waals surface area contributed by atoms with Crippen molar-refractivity contribution in [3.63, 3.8) is 0 Å². The molecule has 2 aromatic rings. The van der Waals surface area contributed by atoms with Gasteiger partial charge in [0, 0.05) is 51.0 Å². The molecule has 28 heavy (non-hydrogen) atoms. The number of nitrogens with zero attached hydrogens (tertiary/aromatic N) is 8. The lowest BCUT2D eigenvalue weighted by molar-refractivity contribution is -0.0711. The summed E-state index contributed by atoms with van der Waals surface area (Å²) in [5.74, 6) is 1.53. The average molecular weight is 417 g/mol. The summed E-state index contributed by atoms with van der Waals surface area (Å²) in [5, 5.41) is 8.69. The van der Waals surface area contributed by atoms with Crippen molar-refractivity contribution in [2.75, 3.05) is 18.0 Å². The predicted octanol–water partition coefficient (Wildman–Crippen LogP) is 2.68. The molecule has 4 heterocycles. The van der Waals surface area contributed by atoms with Crippen LogP contribution in [0.15, 0.2) is 6.20 Å². The zero-order valence-corrected chi connectivity index (χ0v) is 16.2. The fraction of sp³-hybridized carbons (Fsp3) is 0.625. The Bertz CT molecular complexity index is 896. The minimum atomic E-state index is -4.57. The largest absolute Gasteiger partial charge is 0.421 e. The van der Waals surface area contributed by atoms with Crippen molar-refractivity contribution >= 4 is 23.3 Å². The van der Waals surface area contributed by atoms with Crippen LogP contribution >= 0.6 is 11.8 Å². The number of rotatable bonds is 4. The van der Waals surface area contributed by atoms with Crippen LogP contribution in [0.4, 0.5) is 19.1 Å². The van der Waals surface area contributed by atoms with Crippen LogP contribution in [0.5, 0.6) is 0 Å². The lowest BCUT2D eigenvalue weighted by Crippen LogP contribution is -2.29. The molecule has 0 radical (unpaired) electrons. The van der Waals surface area contributed by atoms with Crippen LogP contribution in [-0.2, 0) is 19.9 Å². The topological polar surface area (TPSA) is 67.9 Å². The van der Waals surface area contributed by atoms with E-state index in [9.17, 15) is 13.2 Å². The summed E-state index contributed by atoms with van der Waals surface area (Å²) < 4.78 is 43.8. The second-order valence-corrected chi connectivity index (χ2v) is 7.35. The smallest absolute Gasteiger partial charge is 0.340 e. The molecule has 1 fully saturated rings. The van der Waals surface area contributed by atoms with Gasteiger partial charge >= 0.3 is 6.18 Å². The molecule has 0 amide bonds. The van der Waals surface area contributed by atoms with E-state index in [0.717, 1.165) is 42.4 Å². The monoisotopic (exact) mass is 416 g/mol. The molecule has 0 aliphatic carbocycles. The van der Waals surface area contributed by atoms with Gasteiger partial charge in [-0.05, 0) is 19.8 Å². The molecule has 0 N–H and O–H groups in total. The number of fused-ring (bicyclic) bond motifs is 1. The zero-order valence-electron chi connectivity index (χ0n) is 15.5. The Kier molecular flexibility index (Phi) is 4.72. The number of aryl methyl sites for hydroxylation is 3. The summed E-state index contributed by atoms with van der Waals surface area (Å²) in [7, 11) is 1.81. The predicted molar refractivity (Wildman–Crippen MR) is 96.3 cm³/mol. The zero-order chi connectivity index (χ0) is 20.1. The standard InChI is InChI=1S/C16H20ClF3N8/c1-10-27(17)9-11(16(18,19)20)14-21-12(23-28(10)14)5-6-13-22-15(24-25(13)2)26-7-3-4-8-26/h9-10H,3-8H2,1-2H3. The third-order valence-corrected chi connectivity index (χ3v) is 5.37. The van der Waals surface area contributed by atoms with Gasteiger partial charge in [-0.1, -0.05) is 0 Å². The summed E-state index contributed by atoms with van der Waals surface area (Å²) in [6.07, 6.45) is -1.20. The minimum absolute atomic E-state index is 0.220. The van der Waals surface area contributed by atoms with Gasteiger partial charge in [0.25, 0.3) is 0 Å². The van der Waals surface area contributed by atoms with E-state index in [2.05, 4.69) is 25.1 Å². The number of halogens is 4. The van der Waals surface area contributed by atoms with Crippen LogP contribution in [0.2, 0.25) is 0 Å². The molecular weight excluding hydrogens is 397 g/mol. The van der Waals surface area contributed by atoms with Crippen molar-refractivity contribution < 1.29 is 13.2 Å². The van der Waals surface area contributed by atoms with Crippen molar-refractivity contribution in [2.45, 2.75) is 44.9 Å². The third-order valence-electron chi connectivity index (χ3n) is 4.99. The van der Waals surface area contributed by atoms with Gasteiger partial charge in [-0.2, -0.15) is 23.3 Å². The normalized spacial score (nSPS) is 19.9. The highest BCUT2D eigenvalue weighted by atomic mass is 35.5. The maximum absolute atomic E-state index is 13.3. The lowest BCUT2D eigenvalue weighted by Gasteiger charge is -2.28. The molecule has 0 saturated carbocycles. The van der Waals surface area contributed by atoms with Gasteiger partial charge in [-0.25, -0.2) is 9.67 Å². The molecule has 0 aromatic carbocycles. The fourth-order valence-electron chi connectivity index (χ4n) is 3.41. The van der Waals surface area contributed by atoms with E-state index in [4.69, 9.17) is 11.8 Å². The SMILES string of the molecule is CC1N(Cl)C=C(C(F)(F)F)c2nc(CCc3nc(N4CCCC4)nn3C)nn21. The first kappa shape index (κ1) is 19.0. The molecule has 2 aliphatic heterocycles. The Morgan fingerprint density at radius 1 is 1.14 bits per heavy atom. The van der Waals surface area contributed by atoms with Gasteiger partial charge in [0.05, 0.1) is 0 Å². The van der Waals surface area contributed by atoms with Crippen LogP contribution < -0.4 is 4.90 Å². The quantitative estimate of drug-likeness (QED) is 0.714. The summed E-state index contributed by atoms with van der Waals surface area (Å²) >= 11 is 5.91. The molecule has 1 saturated heterocycles. The first-order valence-electron chi connectivity index (χ1n) is 9.08. The first-order valence-corrected chi connectivity index (χ1v) is 9.41. The number of allylic oxidation sites excluding steroid dienone is 1. The molecule has 4 rings (SSSR count). The van der Waals surface area contributed by atoms with Gasteiger partial charge in [-0.15, -0.1) is 5.10 Å². The second kappa shape index (κ2) is 6.94. The van der Waals surface area contributed by atoms with Crippen LogP contribution in [0.3, 0.4) is 0 Å². The van der Waals surface area contributed by atoms with Gasteiger partial charge in [0.2, 0.25) is 5.95 Å². The molecule has 2 aliphatic rings. The lowest BCUT2D eigenvalue weighted by atomic mass is 10.2. The molecule has 2 aromatic heterocycles. The maximum Gasteiger partial charge on any atom is 0.421 e. The van der Waals surface area contributed by atoms with Gasteiger partial charge in [0.1, 0.15) is 17.6 Å². The van der Waals surface area contributed by atoms with Gasteiger partial charge in [0.15, 0.2) is 11.6 Å². The average Bonchev–Trinajstić information content (AvgIpc) is 3.34. The molecule has 0 spiro atoms. The van der Waals surface area contributed by atoms with Crippen LogP contribution in [-0.4, -0.2) is 53.2 Å². The Labute approximate surface area is 164 Å². The van der Waals surface area contributed by atoms with Crippen molar-refractivity contribution in [3.8, 4) is 0 Å². The van der Waals surface area contributed by atoms with E-state index in [1.165, 1.54) is 4.68 Å².